The Balaban J connectivity index is 2.02. The zero-order chi connectivity index (χ0) is 14.9. The number of benzene rings is 2. The fourth-order valence-corrected chi connectivity index (χ4v) is 5.01. The van der Waals surface area contributed by atoms with Crippen molar-refractivity contribution in [1.29, 1.82) is 0 Å². The maximum Gasteiger partial charge on any atom is 0.123 e. The van der Waals surface area contributed by atoms with Crippen molar-refractivity contribution >= 4 is 10.8 Å². The Morgan fingerprint density at radius 2 is 1.52 bits per heavy atom. The summed E-state index contributed by atoms with van der Waals surface area (Å²) in [6.07, 6.45) is 4.06. The van der Waals surface area contributed by atoms with E-state index in [0.29, 0.717) is 0 Å². The molecule has 0 heterocycles. The number of hydrogen-bond acceptors (Lipinski definition) is 1. The van der Waals surface area contributed by atoms with Crippen LogP contribution in [0.15, 0.2) is 53.4 Å². The summed E-state index contributed by atoms with van der Waals surface area (Å²) in [7, 11) is -1.15. The van der Waals surface area contributed by atoms with E-state index in [2.05, 4.69) is 31.2 Å². The Morgan fingerprint density at radius 3 is 2.10 bits per heavy atom. The lowest BCUT2D eigenvalue weighted by Gasteiger charge is -2.29. The van der Waals surface area contributed by atoms with Gasteiger partial charge in [0.15, 0.2) is 0 Å². The summed E-state index contributed by atoms with van der Waals surface area (Å²) < 4.78 is 25.9. The van der Waals surface area contributed by atoms with Crippen LogP contribution in [0.25, 0.3) is 0 Å². The highest BCUT2D eigenvalue weighted by atomic mass is 32.2. The first-order valence-corrected chi connectivity index (χ1v) is 8.51. The molecule has 1 atom stereocenters. The van der Waals surface area contributed by atoms with Crippen molar-refractivity contribution in [2.45, 2.75) is 42.2 Å². The molecule has 0 bridgehead atoms. The second-order valence-electron chi connectivity index (χ2n) is 5.79. The van der Waals surface area contributed by atoms with Gasteiger partial charge in [-0.25, -0.2) is 4.39 Å². The summed E-state index contributed by atoms with van der Waals surface area (Å²) in [4.78, 5) is 0.721. The summed E-state index contributed by atoms with van der Waals surface area (Å²) in [5.74, 6) is -0.286. The van der Waals surface area contributed by atoms with Crippen molar-refractivity contribution in [3.05, 3.63) is 65.5 Å². The lowest BCUT2D eigenvalue weighted by Crippen LogP contribution is -2.28. The molecule has 0 aliphatic heterocycles. The molecule has 1 aliphatic carbocycles. The van der Waals surface area contributed by atoms with Crippen molar-refractivity contribution in [1.82, 2.24) is 0 Å². The van der Waals surface area contributed by atoms with Crippen LogP contribution >= 0.6 is 0 Å². The third-order valence-corrected chi connectivity index (χ3v) is 6.43. The second kappa shape index (κ2) is 5.72. The zero-order valence-corrected chi connectivity index (χ0v) is 13.0. The molecule has 3 heteroatoms. The van der Waals surface area contributed by atoms with E-state index >= 15 is 0 Å². The highest BCUT2D eigenvalue weighted by Gasteiger charge is 2.42. The molecule has 2 aromatic carbocycles. The molecule has 0 aromatic heterocycles. The molecule has 0 N–H and O–H groups in total. The van der Waals surface area contributed by atoms with Crippen molar-refractivity contribution in [3.8, 4) is 0 Å². The molecule has 3 rings (SSSR count). The monoisotopic (exact) mass is 302 g/mol. The summed E-state index contributed by atoms with van der Waals surface area (Å²) in [6, 6.07) is 14.5. The highest BCUT2D eigenvalue weighted by Crippen LogP contribution is 2.46. The van der Waals surface area contributed by atoms with Gasteiger partial charge >= 0.3 is 0 Å². The third kappa shape index (κ3) is 2.67. The van der Waals surface area contributed by atoms with Gasteiger partial charge < -0.3 is 0 Å². The SMILES string of the molecule is Cc1ccc(C2(S(=O)c3ccc(F)cc3)CCCC2)cc1. The maximum atomic E-state index is 13.2. The molecule has 0 amide bonds. The summed E-state index contributed by atoms with van der Waals surface area (Å²) in [5.41, 5.74) is 2.35. The quantitative estimate of drug-likeness (QED) is 0.802. The molecule has 2 aromatic rings. The van der Waals surface area contributed by atoms with Crippen LogP contribution < -0.4 is 0 Å². The summed E-state index contributed by atoms with van der Waals surface area (Å²) in [5, 5.41) is 0. The molecule has 21 heavy (non-hydrogen) atoms. The minimum atomic E-state index is -1.15. The Kier molecular flexibility index (Phi) is 3.94. The normalized spacial score (nSPS) is 18.6. The largest absolute Gasteiger partial charge is 0.253 e. The average Bonchev–Trinajstić information content (AvgIpc) is 2.99. The van der Waals surface area contributed by atoms with Gasteiger partial charge in [0.25, 0.3) is 0 Å². The van der Waals surface area contributed by atoms with Crippen molar-refractivity contribution in [2.24, 2.45) is 0 Å². The van der Waals surface area contributed by atoms with Gasteiger partial charge in [-0.2, -0.15) is 0 Å². The van der Waals surface area contributed by atoms with E-state index < -0.39 is 10.8 Å². The maximum absolute atomic E-state index is 13.2. The minimum absolute atomic E-state index is 0.286. The van der Waals surface area contributed by atoms with E-state index in [0.717, 1.165) is 36.1 Å². The van der Waals surface area contributed by atoms with Gasteiger partial charge in [-0.3, -0.25) is 4.21 Å². The van der Waals surface area contributed by atoms with Crippen molar-refractivity contribution in [3.63, 3.8) is 0 Å². The average molecular weight is 302 g/mol. The molecule has 0 radical (unpaired) electrons. The van der Waals surface area contributed by atoms with E-state index in [-0.39, 0.29) is 10.6 Å². The third-order valence-electron chi connectivity index (χ3n) is 4.37. The fourth-order valence-electron chi connectivity index (χ4n) is 3.17. The molecule has 110 valence electrons. The van der Waals surface area contributed by atoms with E-state index in [9.17, 15) is 8.60 Å². The molecule has 0 spiro atoms. The molecule has 1 saturated carbocycles. The van der Waals surface area contributed by atoms with Crippen LogP contribution in [0, 0.1) is 12.7 Å². The predicted octanol–water partition coefficient (Wildman–Crippen LogP) is 4.71. The lowest BCUT2D eigenvalue weighted by molar-refractivity contribution is 0.590. The zero-order valence-electron chi connectivity index (χ0n) is 12.1. The Morgan fingerprint density at radius 1 is 0.952 bits per heavy atom. The van der Waals surface area contributed by atoms with Crippen molar-refractivity contribution in [2.75, 3.05) is 0 Å². The number of hydrogen-bond donors (Lipinski definition) is 0. The molecule has 1 nitrogen and oxygen atoms in total. The van der Waals surface area contributed by atoms with Gasteiger partial charge in [0, 0.05) is 4.90 Å². The van der Waals surface area contributed by atoms with Crippen LogP contribution in [0.4, 0.5) is 4.39 Å². The van der Waals surface area contributed by atoms with Crippen LogP contribution in [0.3, 0.4) is 0 Å². The predicted molar refractivity (Wildman–Crippen MR) is 84.1 cm³/mol. The van der Waals surface area contributed by atoms with E-state index in [1.54, 1.807) is 12.1 Å². The van der Waals surface area contributed by atoms with Gasteiger partial charge in [-0.1, -0.05) is 42.7 Å². The van der Waals surface area contributed by atoms with Gasteiger partial charge in [0.2, 0.25) is 0 Å². The second-order valence-corrected chi connectivity index (χ2v) is 7.58. The number of halogens is 1. The fraction of sp³-hybridized carbons (Fsp3) is 0.333. The smallest absolute Gasteiger partial charge is 0.123 e. The van der Waals surface area contributed by atoms with Gasteiger partial charge in [-0.05, 0) is 49.6 Å². The Bertz CT molecular complexity index is 640. The van der Waals surface area contributed by atoms with Gasteiger partial charge in [-0.15, -0.1) is 0 Å². The topological polar surface area (TPSA) is 17.1 Å². The van der Waals surface area contributed by atoms with Crippen LogP contribution in [0.1, 0.15) is 36.8 Å². The van der Waals surface area contributed by atoms with Crippen LogP contribution in [0.2, 0.25) is 0 Å². The first-order chi connectivity index (χ1) is 10.1. The van der Waals surface area contributed by atoms with Gasteiger partial charge in [0.05, 0.1) is 15.5 Å². The van der Waals surface area contributed by atoms with Crippen LogP contribution in [-0.2, 0) is 15.5 Å². The van der Waals surface area contributed by atoms with E-state index in [1.165, 1.54) is 17.7 Å². The minimum Gasteiger partial charge on any atom is -0.253 e. The molecule has 0 saturated heterocycles. The van der Waals surface area contributed by atoms with E-state index in [4.69, 9.17) is 0 Å². The first-order valence-electron chi connectivity index (χ1n) is 7.36. The summed E-state index contributed by atoms with van der Waals surface area (Å²) >= 11 is 0. The number of rotatable bonds is 3. The van der Waals surface area contributed by atoms with Gasteiger partial charge in [0.1, 0.15) is 5.82 Å². The molecule has 1 aliphatic rings. The molecule has 1 unspecified atom stereocenters. The first kappa shape index (κ1) is 14.5. The summed E-state index contributed by atoms with van der Waals surface area (Å²) in [6.45, 7) is 2.06. The van der Waals surface area contributed by atoms with Crippen LogP contribution in [-0.4, -0.2) is 4.21 Å². The lowest BCUT2D eigenvalue weighted by atomic mass is 9.96. The molecular formula is C18H19FOS. The van der Waals surface area contributed by atoms with E-state index in [1.807, 2.05) is 0 Å². The highest BCUT2D eigenvalue weighted by molar-refractivity contribution is 7.86. The number of aryl methyl sites for hydroxylation is 1. The molecular weight excluding hydrogens is 283 g/mol. The standard InChI is InChI=1S/C18H19FOS/c1-14-4-6-15(7-5-14)18(12-2-3-13-18)21(20)17-10-8-16(19)9-11-17/h4-11H,2-3,12-13H2,1H3. The Labute approximate surface area is 127 Å². The molecule has 1 fully saturated rings. The van der Waals surface area contributed by atoms with Crippen molar-refractivity contribution < 1.29 is 8.60 Å². The van der Waals surface area contributed by atoms with Crippen LogP contribution in [0.5, 0.6) is 0 Å². The Hall–Kier alpha value is -1.48.